The summed E-state index contributed by atoms with van der Waals surface area (Å²) < 4.78 is 1.51. The topological polar surface area (TPSA) is 84.2 Å². The van der Waals surface area contributed by atoms with E-state index < -0.39 is 5.97 Å². The molecule has 0 fully saturated rings. The average Bonchev–Trinajstić information content (AvgIpc) is 2.81. The number of aromatic nitrogens is 2. The number of benzene rings is 1. The molecule has 0 aliphatic rings. The Bertz CT molecular complexity index is 606. The quantitative estimate of drug-likeness (QED) is 0.872. The van der Waals surface area contributed by atoms with E-state index in [4.69, 9.17) is 5.11 Å². The van der Waals surface area contributed by atoms with Crippen molar-refractivity contribution < 1.29 is 14.7 Å². The number of hydrogen-bond donors (Lipinski definition) is 2. The van der Waals surface area contributed by atoms with E-state index in [0.717, 1.165) is 0 Å². The molecule has 98 valence electrons. The summed E-state index contributed by atoms with van der Waals surface area (Å²) in [4.78, 5) is 22.6. The number of nitrogens with one attached hydrogen (secondary N) is 1. The molecule has 2 N–H and O–H groups in total. The number of carbonyl (C=O) groups is 2. The van der Waals surface area contributed by atoms with Crippen molar-refractivity contribution in [3.05, 3.63) is 47.8 Å². The Labute approximate surface area is 109 Å². The predicted octanol–water partition coefficient (Wildman–Crippen LogP) is 1.53. The molecule has 0 atom stereocenters. The van der Waals surface area contributed by atoms with Crippen LogP contribution in [0.4, 0.5) is 5.69 Å². The molecule has 0 aliphatic carbocycles. The van der Waals surface area contributed by atoms with E-state index in [1.807, 2.05) is 0 Å². The third-order valence-electron chi connectivity index (χ3n) is 2.61. The van der Waals surface area contributed by atoms with Gasteiger partial charge in [0.25, 0.3) is 0 Å². The molecule has 0 bridgehead atoms. The molecule has 19 heavy (non-hydrogen) atoms. The maximum Gasteiger partial charge on any atom is 0.335 e. The number of hydrogen-bond acceptors (Lipinski definition) is 3. The average molecular weight is 259 g/mol. The van der Waals surface area contributed by atoms with Crippen molar-refractivity contribution in [3.8, 4) is 0 Å². The molecule has 2 aromatic rings. The summed E-state index contributed by atoms with van der Waals surface area (Å²) in [5.74, 6) is -1.20. The molecule has 2 rings (SSSR count). The number of amides is 1. The fourth-order valence-corrected chi connectivity index (χ4v) is 1.72. The standard InChI is InChI=1S/C13H13N3O3/c1-9-7-10(3-4-11(9)13(18)19)15-12(17)8-16-6-2-5-14-16/h2-7H,8H2,1H3,(H,15,17)(H,18,19). The lowest BCUT2D eigenvalue weighted by Gasteiger charge is -2.07. The van der Waals surface area contributed by atoms with Gasteiger partial charge in [0.05, 0.1) is 5.56 Å². The van der Waals surface area contributed by atoms with Crippen LogP contribution < -0.4 is 5.32 Å². The lowest BCUT2D eigenvalue weighted by molar-refractivity contribution is -0.116. The number of aryl methyl sites for hydroxylation is 1. The van der Waals surface area contributed by atoms with Crippen molar-refractivity contribution in [1.29, 1.82) is 0 Å². The zero-order chi connectivity index (χ0) is 13.8. The fraction of sp³-hybridized carbons (Fsp3) is 0.154. The smallest absolute Gasteiger partial charge is 0.335 e. The molecule has 0 aliphatic heterocycles. The first-order chi connectivity index (χ1) is 9.06. The van der Waals surface area contributed by atoms with Gasteiger partial charge < -0.3 is 10.4 Å². The second kappa shape index (κ2) is 5.34. The van der Waals surface area contributed by atoms with Gasteiger partial charge in [-0.25, -0.2) is 4.79 Å². The minimum atomic E-state index is -0.980. The molecular weight excluding hydrogens is 246 g/mol. The number of carboxylic acids is 1. The van der Waals surface area contributed by atoms with E-state index in [1.165, 1.54) is 10.7 Å². The van der Waals surface area contributed by atoms with Gasteiger partial charge in [0.2, 0.25) is 5.91 Å². The Morgan fingerprint density at radius 1 is 1.42 bits per heavy atom. The highest BCUT2D eigenvalue weighted by Crippen LogP contribution is 2.15. The minimum absolute atomic E-state index is 0.118. The molecule has 6 nitrogen and oxygen atoms in total. The number of carbonyl (C=O) groups excluding carboxylic acids is 1. The second-order valence-electron chi connectivity index (χ2n) is 4.09. The molecular formula is C13H13N3O3. The first kappa shape index (κ1) is 12.8. The van der Waals surface area contributed by atoms with Crippen LogP contribution >= 0.6 is 0 Å². The summed E-state index contributed by atoms with van der Waals surface area (Å²) in [7, 11) is 0. The Balaban J connectivity index is 2.05. The molecule has 1 aromatic heterocycles. The lowest BCUT2D eigenvalue weighted by Crippen LogP contribution is -2.19. The molecule has 1 aromatic carbocycles. The van der Waals surface area contributed by atoms with Gasteiger partial charge in [-0.1, -0.05) is 0 Å². The van der Waals surface area contributed by atoms with Crippen molar-refractivity contribution >= 4 is 17.6 Å². The zero-order valence-electron chi connectivity index (χ0n) is 10.3. The van der Waals surface area contributed by atoms with Crippen molar-refractivity contribution in [2.24, 2.45) is 0 Å². The van der Waals surface area contributed by atoms with E-state index >= 15 is 0 Å². The molecule has 6 heteroatoms. The van der Waals surface area contributed by atoms with E-state index in [0.29, 0.717) is 11.3 Å². The van der Waals surface area contributed by atoms with Gasteiger partial charge in [-0.3, -0.25) is 9.48 Å². The van der Waals surface area contributed by atoms with Crippen LogP contribution in [0.3, 0.4) is 0 Å². The van der Waals surface area contributed by atoms with Crippen LogP contribution in [0.2, 0.25) is 0 Å². The van der Waals surface area contributed by atoms with Crippen molar-refractivity contribution in [2.75, 3.05) is 5.32 Å². The summed E-state index contributed by atoms with van der Waals surface area (Å²) in [6.45, 7) is 1.80. The van der Waals surface area contributed by atoms with Gasteiger partial charge in [0.1, 0.15) is 6.54 Å². The molecule has 0 radical (unpaired) electrons. The highest BCUT2D eigenvalue weighted by molar-refractivity contribution is 5.93. The van der Waals surface area contributed by atoms with E-state index in [-0.39, 0.29) is 18.0 Å². The van der Waals surface area contributed by atoms with Gasteiger partial charge in [-0.15, -0.1) is 0 Å². The van der Waals surface area contributed by atoms with Gasteiger partial charge in [0.15, 0.2) is 0 Å². The van der Waals surface area contributed by atoms with Gasteiger partial charge in [0, 0.05) is 18.1 Å². The summed E-state index contributed by atoms with van der Waals surface area (Å²) in [5.41, 5.74) is 1.40. The number of nitrogens with zero attached hydrogens (tertiary/aromatic N) is 2. The van der Waals surface area contributed by atoms with Crippen LogP contribution in [0.25, 0.3) is 0 Å². The number of carboxylic acid groups (broad SMARTS) is 1. The first-order valence-electron chi connectivity index (χ1n) is 5.67. The number of rotatable bonds is 4. The summed E-state index contributed by atoms with van der Waals surface area (Å²) >= 11 is 0. The largest absolute Gasteiger partial charge is 0.478 e. The minimum Gasteiger partial charge on any atom is -0.478 e. The van der Waals surface area contributed by atoms with Crippen molar-refractivity contribution in [3.63, 3.8) is 0 Å². The van der Waals surface area contributed by atoms with Crippen LogP contribution in [0.1, 0.15) is 15.9 Å². The van der Waals surface area contributed by atoms with Crippen LogP contribution in [0.5, 0.6) is 0 Å². The zero-order valence-corrected chi connectivity index (χ0v) is 10.3. The third kappa shape index (κ3) is 3.19. The molecule has 1 heterocycles. The monoisotopic (exact) mass is 259 g/mol. The molecule has 0 unspecified atom stereocenters. The Kier molecular flexibility index (Phi) is 3.61. The summed E-state index contributed by atoms with van der Waals surface area (Å²) in [6, 6.07) is 6.40. The van der Waals surface area contributed by atoms with E-state index in [1.54, 1.807) is 37.5 Å². The molecule has 0 saturated heterocycles. The normalized spacial score (nSPS) is 10.2. The SMILES string of the molecule is Cc1cc(NC(=O)Cn2cccn2)ccc1C(=O)O. The van der Waals surface area contributed by atoms with Gasteiger partial charge in [-0.2, -0.15) is 5.10 Å². The van der Waals surface area contributed by atoms with Gasteiger partial charge >= 0.3 is 5.97 Å². The highest BCUT2D eigenvalue weighted by Gasteiger charge is 2.09. The van der Waals surface area contributed by atoms with Crippen LogP contribution in [0, 0.1) is 6.92 Å². The highest BCUT2D eigenvalue weighted by atomic mass is 16.4. The van der Waals surface area contributed by atoms with Crippen LogP contribution in [-0.2, 0) is 11.3 Å². The maximum absolute atomic E-state index is 11.7. The summed E-state index contributed by atoms with van der Waals surface area (Å²) in [6.07, 6.45) is 3.29. The number of aromatic carboxylic acids is 1. The second-order valence-corrected chi connectivity index (χ2v) is 4.09. The van der Waals surface area contributed by atoms with E-state index in [2.05, 4.69) is 10.4 Å². The summed E-state index contributed by atoms with van der Waals surface area (Å²) in [5, 5.41) is 15.5. The van der Waals surface area contributed by atoms with Crippen LogP contribution in [-0.4, -0.2) is 26.8 Å². The molecule has 1 amide bonds. The van der Waals surface area contributed by atoms with E-state index in [9.17, 15) is 9.59 Å². The predicted molar refractivity (Wildman–Crippen MR) is 69.0 cm³/mol. The number of anilines is 1. The molecule has 0 spiro atoms. The Morgan fingerprint density at radius 3 is 2.79 bits per heavy atom. The maximum atomic E-state index is 11.7. The van der Waals surface area contributed by atoms with Gasteiger partial charge in [-0.05, 0) is 36.8 Å². The Morgan fingerprint density at radius 2 is 2.21 bits per heavy atom. The van der Waals surface area contributed by atoms with Crippen molar-refractivity contribution in [1.82, 2.24) is 9.78 Å². The molecule has 0 saturated carbocycles. The Hall–Kier alpha value is -2.63. The third-order valence-corrected chi connectivity index (χ3v) is 2.61. The lowest BCUT2D eigenvalue weighted by atomic mass is 10.1. The van der Waals surface area contributed by atoms with Crippen LogP contribution in [0.15, 0.2) is 36.7 Å². The van der Waals surface area contributed by atoms with Crippen molar-refractivity contribution in [2.45, 2.75) is 13.5 Å². The first-order valence-corrected chi connectivity index (χ1v) is 5.67. The fourth-order valence-electron chi connectivity index (χ4n) is 1.72.